The summed E-state index contributed by atoms with van der Waals surface area (Å²) < 4.78 is 50.1. The second-order valence-electron chi connectivity index (χ2n) is 5.37. The monoisotopic (exact) mass is 539 g/mol. The van der Waals surface area contributed by atoms with Gasteiger partial charge in [-0.1, -0.05) is 0 Å². The van der Waals surface area contributed by atoms with Crippen LogP contribution in [-0.4, -0.2) is 59.4 Å². The van der Waals surface area contributed by atoms with Crippen molar-refractivity contribution < 1.29 is 126 Å². The van der Waals surface area contributed by atoms with Crippen LogP contribution in [0.15, 0.2) is 17.1 Å². The van der Waals surface area contributed by atoms with Crippen LogP contribution in [0.4, 0.5) is 0 Å². The smallest absolute Gasteiger partial charge is 0.858 e. The van der Waals surface area contributed by atoms with Crippen molar-refractivity contribution in [3.05, 3.63) is 22.7 Å². The second-order valence-corrected chi connectivity index (χ2v) is 9.74. The number of rotatable bonds is 8. The fraction of sp³-hybridized carbons (Fsp3) is 0.556. The minimum Gasteiger partial charge on any atom is -0.858 e. The zero-order valence-electron chi connectivity index (χ0n) is 15.7. The number of ether oxygens (including phenoxy) is 1. The third-order valence-corrected chi connectivity index (χ3v) is 7.01. The van der Waals surface area contributed by atoms with Gasteiger partial charge in [0, 0.05) is 6.20 Å². The van der Waals surface area contributed by atoms with E-state index in [0.717, 1.165) is 12.3 Å². The molecule has 17 nitrogen and oxygen atoms in total. The fourth-order valence-corrected chi connectivity index (χ4v) is 5.15. The second kappa shape index (κ2) is 12.1. The van der Waals surface area contributed by atoms with Crippen LogP contribution in [0.5, 0.6) is 5.88 Å². The number of aliphatic hydroxyl groups is 2. The molecule has 2 rings (SSSR count). The summed E-state index contributed by atoms with van der Waals surface area (Å²) in [7, 11) is -17.1. The molecular formula is C9H13N2Na2O15P3. The number of phosphoric acid groups is 3. The van der Waals surface area contributed by atoms with Gasteiger partial charge in [-0.05, 0) is 11.9 Å². The van der Waals surface area contributed by atoms with Gasteiger partial charge in [0.1, 0.15) is 18.3 Å². The molecule has 0 radical (unpaired) electrons. The molecular weight excluding hydrogens is 526 g/mol. The summed E-state index contributed by atoms with van der Waals surface area (Å²) in [6.07, 6.45) is -5.86. The molecule has 166 valence electrons. The summed E-state index contributed by atoms with van der Waals surface area (Å²) in [5.74, 6) is -0.876. The van der Waals surface area contributed by atoms with E-state index < -0.39 is 66.2 Å². The molecule has 0 bridgehead atoms. The van der Waals surface area contributed by atoms with E-state index in [9.17, 15) is 43.6 Å². The third-order valence-electron chi connectivity index (χ3n) is 3.23. The molecule has 7 unspecified atom stereocenters. The first kappa shape index (κ1) is 32.0. The van der Waals surface area contributed by atoms with Crippen LogP contribution >= 0.6 is 23.5 Å². The van der Waals surface area contributed by atoms with E-state index in [1.54, 1.807) is 0 Å². The minimum atomic E-state index is -5.82. The molecule has 1 fully saturated rings. The van der Waals surface area contributed by atoms with Gasteiger partial charge in [0.05, 0.1) is 6.61 Å². The van der Waals surface area contributed by atoms with E-state index in [0.29, 0.717) is 4.57 Å². The fourth-order valence-electron chi connectivity index (χ4n) is 2.15. The van der Waals surface area contributed by atoms with Crippen LogP contribution in [0.2, 0.25) is 0 Å². The predicted molar refractivity (Wildman–Crippen MR) is 81.5 cm³/mol. The molecule has 1 aliphatic heterocycles. The maximum absolute atomic E-state index is 11.7. The number of hydrogen-bond donors (Lipinski definition) is 5. The van der Waals surface area contributed by atoms with Crippen LogP contribution in [0.25, 0.3) is 0 Å². The minimum absolute atomic E-state index is 0. The van der Waals surface area contributed by atoms with Crippen molar-refractivity contribution in [1.29, 1.82) is 0 Å². The van der Waals surface area contributed by atoms with Crippen molar-refractivity contribution >= 4 is 23.5 Å². The van der Waals surface area contributed by atoms with Gasteiger partial charge >= 0.3 is 80.4 Å². The van der Waals surface area contributed by atoms with Gasteiger partial charge in [0.2, 0.25) is 0 Å². The Labute approximate surface area is 217 Å². The summed E-state index contributed by atoms with van der Waals surface area (Å²) in [5.41, 5.74) is -1.13. The standard InChI is InChI=1S/C9H15N2O15P3.2Na/c12-5-1-2-11(9(15)10-5)8-7(14)6(13)4(24-8)3-23-28(19,20)26-29(21,22)25-27(16,17)18;;/h1-2,4,6-8,13-14H,3H2,(H,19,20)(H,21,22)(H,10,12,15)(H2,16,17,18);;/q;2*+1/p-2/i1+1,2+1,3+1,4+1,5+1,6+1,7+1,8+1,9+1,10+1,11+1;;. The SMILES string of the molecule is O=[13c]1[15n][13c]([O-])[13cH][13cH][15n]1[13CH]1O[13CH]([13CH2]OP(=O)(O)OP(=O)(O)OP(=O)([O-])O)[13CH](O)[13CH]1O.[Na+].[Na+]. The predicted octanol–water partition coefficient (Wildman–Crippen LogP) is -9.34. The van der Waals surface area contributed by atoms with E-state index in [4.69, 9.17) is 14.5 Å². The van der Waals surface area contributed by atoms with Crippen LogP contribution < -0.4 is 74.8 Å². The van der Waals surface area contributed by atoms with Crippen LogP contribution in [-0.2, 0) is 31.6 Å². The summed E-state index contributed by atoms with van der Waals surface area (Å²) in [4.78, 5) is 51.8. The summed E-state index contributed by atoms with van der Waals surface area (Å²) >= 11 is 0. The van der Waals surface area contributed by atoms with E-state index in [-0.39, 0.29) is 59.1 Å². The average Bonchev–Trinajstić information content (AvgIpc) is 2.78. The van der Waals surface area contributed by atoms with Gasteiger partial charge in [-0.25, -0.2) is 23.2 Å². The van der Waals surface area contributed by atoms with Crippen LogP contribution in [0, 0.1) is 0 Å². The topological polar surface area (TPSA) is 270 Å². The van der Waals surface area contributed by atoms with Gasteiger partial charge in [0.25, 0.3) is 7.82 Å². The molecule has 1 saturated heterocycles. The van der Waals surface area contributed by atoms with Crippen molar-refractivity contribution in [1.82, 2.24) is 9.55 Å². The molecule has 1 aromatic heterocycles. The Morgan fingerprint density at radius 3 is 2.19 bits per heavy atom. The Kier molecular flexibility index (Phi) is 12.5. The van der Waals surface area contributed by atoms with Crippen molar-refractivity contribution in [3.63, 3.8) is 0 Å². The first-order valence-electron chi connectivity index (χ1n) is 7.15. The van der Waals surface area contributed by atoms with Gasteiger partial charge in [-0.15, -0.1) is 0 Å². The molecule has 22 heteroatoms. The normalized spacial score (nSPS) is 29.0. The molecule has 0 saturated carbocycles. The van der Waals surface area contributed by atoms with Crippen LogP contribution in [0.3, 0.4) is 0 Å². The average molecular weight is 539 g/mol. The number of aliphatic hydroxyl groups excluding tert-OH is 2. The van der Waals surface area contributed by atoms with Crippen LogP contribution in [0.1, 0.15) is 6.23 Å². The summed E-state index contributed by atoms with van der Waals surface area (Å²) in [6, 6.07) is 0.859. The van der Waals surface area contributed by atoms with E-state index in [1.165, 1.54) is 0 Å². The van der Waals surface area contributed by atoms with E-state index in [1.807, 2.05) is 0 Å². The van der Waals surface area contributed by atoms with E-state index in [2.05, 4.69) is 18.1 Å². The largest absolute Gasteiger partial charge is 1.00 e. The molecule has 0 aromatic carbocycles. The zero-order chi connectivity index (χ0) is 22.2. The number of hydrogen-bond acceptors (Lipinski definition) is 13. The Balaban J connectivity index is 0.00000450. The molecule has 1 aliphatic rings. The third kappa shape index (κ3) is 9.62. The first-order chi connectivity index (χ1) is 13.1. The van der Waals surface area contributed by atoms with Crippen molar-refractivity contribution in [3.8, 4) is 5.88 Å². The molecule has 5 N–H and O–H groups in total. The van der Waals surface area contributed by atoms with Gasteiger partial charge in [-0.3, -0.25) is 13.7 Å². The molecule has 7 atom stereocenters. The first-order valence-corrected chi connectivity index (χ1v) is 11.6. The Bertz CT molecular complexity index is 954. The number of nitrogens with zero attached hydrogens (tertiary/aromatic N) is 2. The molecule has 1 aromatic rings. The van der Waals surface area contributed by atoms with E-state index >= 15 is 0 Å². The Morgan fingerprint density at radius 1 is 1.10 bits per heavy atom. The molecule has 0 spiro atoms. The quantitative estimate of drug-likeness (QED) is 0.117. The zero-order valence-corrected chi connectivity index (χ0v) is 22.4. The number of aromatic nitrogens is 2. The Hall–Kier alpha value is 0.970. The van der Waals surface area contributed by atoms with Gasteiger partial charge in [0.15, 0.2) is 6.23 Å². The molecule has 2 heterocycles. The van der Waals surface area contributed by atoms with Crippen molar-refractivity contribution in [2.24, 2.45) is 0 Å². The van der Waals surface area contributed by atoms with Crippen molar-refractivity contribution in [2.45, 2.75) is 24.5 Å². The van der Waals surface area contributed by atoms with Gasteiger partial charge in [-0.2, -0.15) is 4.31 Å². The summed E-state index contributed by atoms with van der Waals surface area (Å²) in [5, 5.41) is 30.9. The maximum atomic E-state index is 11.7. The number of phosphoric ester groups is 1. The van der Waals surface area contributed by atoms with Gasteiger partial charge < -0.3 is 39.6 Å². The molecule has 31 heavy (non-hydrogen) atoms. The maximum Gasteiger partial charge on any atom is 1.00 e. The molecule has 0 amide bonds. The molecule has 0 aliphatic carbocycles. The Morgan fingerprint density at radius 2 is 1.68 bits per heavy atom. The summed E-state index contributed by atoms with van der Waals surface area (Å²) in [6.45, 7) is -1.07. The van der Waals surface area contributed by atoms with Crippen molar-refractivity contribution in [2.75, 3.05) is 6.61 Å².